The van der Waals surface area contributed by atoms with Gasteiger partial charge in [0.1, 0.15) is 14.1 Å². The van der Waals surface area contributed by atoms with E-state index in [2.05, 4.69) is 147 Å². The van der Waals surface area contributed by atoms with Crippen LogP contribution in [0.25, 0.3) is 12.2 Å². The first-order chi connectivity index (χ1) is 15.0. The standard InChI is InChI=1S/C29H31N2/c1-30(2)28-20-16-26(17-21-28)14-12-25(11-10-24-8-6-5-7-9-24)13-15-27-18-22-29(23-19-27)31(3)4/h5-23H,1-4H3/q+1/b11-10+. The van der Waals surface area contributed by atoms with Crippen LogP contribution in [-0.2, 0) is 0 Å². The molecule has 0 radical (unpaired) electrons. The van der Waals surface area contributed by atoms with Gasteiger partial charge in [-0.15, -0.1) is 0 Å². The third-order valence-electron chi connectivity index (χ3n) is 5.02. The van der Waals surface area contributed by atoms with E-state index in [0.29, 0.717) is 0 Å². The molecule has 0 atom stereocenters. The first kappa shape index (κ1) is 22.0. The van der Waals surface area contributed by atoms with E-state index in [9.17, 15) is 0 Å². The highest BCUT2D eigenvalue weighted by Gasteiger charge is 2.03. The maximum atomic E-state index is 2.16. The summed E-state index contributed by atoms with van der Waals surface area (Å²) in [5.74, 6) is 0. The Kier molecular flexibility index (Phi) is 7.78. The molecule has 0 saturated carbocycles. The first-order valence-electron chi connectivity index (χ1n) is 10.5. The largest absolute Gasteiger partial charge is 0.378 e. The Balaban J connectivity index is 1.84. The zero-order chi connectivity index (χ0) is 22.1. The number of allylic oxidation sites excluding steroid dienone is 10. The molecule has 0 saturated heterocycles. The fourth-order valence-electron chi connectivity index (χ4n) is 3.08. The summed E-state index contributed by atoms with van der Waals surface area (Å²) in [6.45, 7) is 0. The van der Waals surface area contributed by atoms with Gasteiger partial charge in [-0.3, -0.25) is 0 Å². The normalized spacial score (nSPS) is 14.0. The van der Waals surface area contributed by atoms with E-state index in [1.807, 2.05) is 6.07 Å². The molecule has 0 aromatic heterocycles. The lowest BCUT2D eigenvalue weighted by molar-refractivity contribution is -0.462. The molecule has 31 heavy (non-hydrogen) atoms. The average Bonchev–Trinajstić information content (AvgIpc) is 2.79. The number of benzene rings is 2. The third kappa shape index (κ3) is 6.97. The second-order valence-electron chi connectivity index (χ2n) is 7.88. The molecular weight excluding hydrogens is 376 g/mol. The van der Waals surface area contributed by atoms with Gasteiger partial charge in [-0.1, -0.05) is 78.9 Å². The summed E-state index contributed by atoms with van der Waals surface area (Å²) in [5, 5.41) is 0. The van der Waals surface area contributed by atoms with Gasteiger partial charge < -0.3 is 4.90 Å². The van der Waals surface area contributed by atoms with Crippen molar-refractivity contribution in [3.05, 3.63) is 125 Å². The molecule has 1 aliphatic carbocycles. The second-order valence-corrected chi connectivity index (χ2v) is 7.88. The third-order valence-corrected chi connectivity index (χ3v) is 5.02. The van der Waals surface area contributed by atoms with Gasteiger partial charge >= 0.3 is 0 Å². The summed E-state index contributed by atoms with van der Waals surface area (Å²) in [7, 11) is 8.23. The molecule has 0 N–H and O–H groups in total. The molecule has 0 aliphatic heterocycles. The molecule has 0 bridgehead atoms. The minimum Gasteiger partial charge on any atom is -0.378 e. The van der Waals surface area contributed by atoms with Crippen molar-refractivity contribution < 1.29 is 4.58 Å². The van der Waals surface area contributed by atoms with Crippen LogP contribution < -0.4 is 4.90 Å². The van der Waals surface area contributed by atoms with Gasteiger partial charge in [-0.25, -0.2) is 4.58 Å². The summed E-state index contributed by atoms with van der Waals surface area (Å²) < 4.78 is 2.11. The quantitative estimate of drug-likeness (QED) is 0.410. The van der Waals surface area contributed by atoms with Crippen LogP contribution in [0.3, 0.4) is 0 Å². The van der Waals surface area contributed by atoms with Gasteiger partial charge in [0.25, 0.3) is 0 Å². The molecule has 2 aromatic carbocycles. The summed E-state index contributed by atoms with van der Waals surface area (Å²) in [5.41, 5.74) is 7.09. The van der Waals surface area contributed by atoms with Crippen LogP contribution in [0.15, 0.2) is 114 Å². The predicted octanol–water partition coefficient (Wildman–Crippen LogP) is 6.17. The van der Waals surface area contributed by atoms with Crippen molar-refractivity contribution in [2.24, 2.45) is 0 Å². The molecular formula is C29H31N2+. The van der Waals surface area contributed by atoms with E-state index in [-0.39, 0.29) is 0 Å². The van der Waals surface area contributed by atoms with E-state index in [1.54, 1.807) is 0 Å². The summed E-state index contributed by atoms with van der Waals surface area (Å²) >= 11 is 0. The monoisotopic (exact) mass is 407 g/mol. The van der Waals surface area contributed by atoms with Gasteiger partial charge in [0.05, 0.1) is 0 Å². The Labute approximate surface area is 186 Å². The second kappa shape index (κ2) is 10.9. The number of rotatable bonds is 6. The lowest BCUT2D eigenvalue weighted by Gasteiger charge is -2.11. The van der Waals surface area contributed by atoms with Crippen molar-refractivity contribution >= 4 is 23.6 Å². The van der Waals surface area contributed by atoms with Gasteiger partial charge in [0, 0.05) is 31.9 Å². The van der Waals surface area contributed by atoms with Crippen molar-refractivity contribution in [3.8, 4) is 0 Å². The average molecular weight is 408 g/mol. The van der Waals surface area contributed by atoms with Crippen LogP contribution in [0, 0.1) is 0 Å². The molecule has 3 rings (SSSR count). The van der Waals surface area contributed by atoms with Gasteiger partial charge in [0.2, 0.25) is 0 Å². The van der Waals surface area contributed by atoms with Crippen molar-refractivity contribution in [1.82, 2.24) is 0 Å². The van der Waals surface area contributed by atoms with Crippen LogP contribution in [0.4, 0.5) is 5.69 Å². The van der Waals surface area contributed by atoms with Crippen molar-refractivity contribution in [1.29, 1.82) is 0 Å². The number of nitrogens with zero attached hydrogens (tertiary/aromatic N) is 2. The zero-order valence-corrected chi connectivity index (χ0v) is 18.9. The highest BCUT2D eigenvalue weighted by atomic mass is 15.1. The molecule has 1 aliphatic rings. The Morgan fingerprint density at radius 1 is 0.742 bits per heavy atom. The maximum absolute atomic E-state index is 2.16. The molecule has 0 fully saturated rings. The Hall–Kier alpha value is -3.65. The minimum atomic E-state index is 1.14. The Morgan fingerprint density at radius 2 is 1.32 bits per heavy atom. The van der Waals surface area contributed by atoms with E-state index in [4.69, 9.17) is 0 Å². The topological polar surface area (TPSA) is 6.25 Å². The number of anilines is 1. The van der Waals surface area contributed by atoms with E-state index < -0.39 is 0 Å². The molecule has 2 heteroatoms. The fourth-order valence-corrected chi connectivity index (χ4v) is 3.08. The maximum Gasteiger partial charge on any atom is 0.199 e. The van der Waals surface area contributed by atoms with Crippen LogP contribution in [0.1, 0.15) is 11.1 Å². The molecule has 0 spiro atoms. The Bertz CT molecular complexity index is 1070. The highest BCUT2D eigenvalue weighted by Crippen LogP contribution is 2.16. The SMILES string of the molecule is CN(C)c1ccc(/C=C/C(/C=C/c2ccccc2)=C/C=C2C=CC(=[N+](C)C)C=C2)cc1. The van der Waals surface area contributed by atoms with Crippen molar-refractivity contribution in [3.63, 3.8) is 0 Å². The Morgan fingerprint density at radius 3 is 1.87 bits per heavy atom. The molecule has 2 nitrogen and oxygen atoms in total. The minimum absolute atomic E-state index is 1.14. The van der Waals surface area contributed by atoms with Gasteiger partial charge in [-0.05, 0) is 46.6 Å². The molecule has 156 valence electrons. The van der Waals surface area contributed by atoms with Crippen LogP contribution in [0.2, 0.25) is 0 Å². The van der Waals surface area contributed by atoms with E-state index in [0.717, 1.165) is 5.57 Å². The summed E-state index contributed by atoms with van der Waals surface area (Å²) in [6.07, 6.45) is 21.5. The van der Waals surface area contributed by atoms with E-state index >= 15 is 0 Å². The molecule has 2 aromatic rings. The zero-order valence-electron chi connectivity index (χ0n) is 18.9. The summed E-state index contributed by atoms with van der Waals surface area (Å²) in [6, 6.07) is 19.0. The van der Waals surface area contributed by atoms with Crippen LogP contribution in [0.5, 0.6) is 0 Å². The predicted molar refractivity (Wildman–Crippen MR) is 137 cm³/mol. The van der Waals surface area contributed by atoms with Crippen LogP contribution >= 0.6 is 0 Å². The molecule has 0 amide bonds. The number of hydrogen-bond donors (Lipinski definition) is 0. The van der Waals surface area contributed by atoms with Crippen LogP contribution in [-0.4, -0.2) is 38.5 Å². The van der Waals surface area contributed by atoms with Gasteiger partial charge in [0.15, 0.2) is 5.71 Å². The number of hydrogen-bond acceptors (Lipinski definition) is 1. The van der Waals surface area contributed by atoms with Crippen molar-refractivity contribution in [2.45, 2.75) is 0 Å². The van der Waals surface area contributed by atoms with Gasteiger partial charge in [-0.2, -0.15) is 0 Å². The lowest BCUT2D eigenvalue weighted by atomic mass is 10.1. The van der Waals surface area contributed by atoms with E-state index in [1.165, 1.54) is 28.1 Å². The fraction of sp³-hybridized carbons (Fsp3) is 0.138. The summed E-state index contributed by atoms with van der Waals surface area (Å²) in [4.78, 5) is 2.11. The smallest absolute Gasteiger partial charge is 0.199 e. The first-order valence-corrected chi connectivity index (χ1v) is 10.5. The lowest BCUT2D eigenvalue weighted by Crippen LogP contribution is -2.09. The molecule has 0 unspecified atom stereocenters. The highest BCUT2D eigenvalue weighted by molar-refractivity contribution is 6.02. The molecule has 0 heterocycles. The van der Waals surface area contributed by atoms with Crippen molar-refractivity contribution in [2.75, 3.05) is 33.1 Å².